The molecule has 4 N–H and O–H groups in total. The molecule has 48 heavy (non-hydrogen) atoms. The Morgan fingerprint density at radius 3 is 1.92 bits per heavy atom. The Morgan fingerprint density at radius 1 is 0.750 bits per heavy atom. The van der Waals surface area contributed by atoms with Crippen molar-refractivity contribution in [3.63, 3.8) is 0 Å². The average molecular weight is 677 g/mol. The topological polar surface area (TPSA) is 160 Å². The highest BCUT2D eigenvalue weighted by atomic mass is 16.5. The normalized spacial score (nSPS) is 12.0. The third kappa shape index (κ3) is 26.3. The zero-order valence-corrected chi connectivity index (χ0v) is 31.0. The molecule has 1 rings (SSSR count). The van der Waals surface area contributed by atoms with Crippen molar-refractivity contribution in [1.82, 2.24) is 21.3 Å². The van der Waals surface area contributed by atoms with Gasteiger partial charge in [0, 0.05) is 39.7 Å². The Labute approximate surface area is 289 Å². The number of carbonyl (C=O) groups excluding carboxylic acids is 6. The Hall–Kier alpha value is -3.76. The lowest BCUT2D eigenvalue weighted by atomic mass is 9.95. The van der Waals surface area contributed by atoms with Crippen LogP contribution in [0.1, 0.15) is 126 Å². The minimum absolute atomic E-state index is 0.0398. The summed E-state index contributed by atoms with van der Waals surface area (Å²) in [5.41, 5.74) is 0.853. The first kappa shape index (κ1) is 46.4. The largest absolute Gasteiger partial charge is 0.461 e. The molecule has 0 saturated heterocycles. The smallest absolute Gasteiger partial charge is 0.328 e. The molecule has 0 saturated carbocycles. The number of carbonyl (C=O) groups is 6. The Kier molecular flexibility index (Phi) is 28.4. The molecule has 11 heteroatoms. The van der Waals surface area contributed by atoms with E-state index >= 15 is 0 Å². The van der Waals surface area contributed by atoms with Crippen molar-refractivity contribution in [1.29, 1.82) is 0 Å². The number of nitrogens with one attached hydrogen (secondary N) is 4. The number of unbranched alkanes of at least 4 members (excludes halogenated alkanes) is 3. The van der Waals surface area contributed by atoms with Crippen LogP contribution in [0.3, 0.4) is 0 Å². The van der Waals surface area contributed by atoms with Crippen LogP contribution in [-0.2, 0) is 39.9 Å². The Morgan fingerprint density at radius 2 is 1.38 bits per heavy atom. The second kappa shape index (κ2) is 29.4. The van der Waals surface area contributed by atoms with Gasteiger partial charge in [0.1, 0.15) is 17.9 Å². The van der Waals surface area contributed by atoms with Crippen LogP contribution in [0.5, 0.6) is 0 Å². The van der Waals surface area contributed by atoms with E-state index < -0.39 is 36.4 Å². The van der Waals surface area contributed by atoms with Gasteiger partial charge >= 0.3 is 5.97 Å². The lowest BCUT2D eigenvalue weighted by Crippen LogP contribution is -2.51. The maximum absolute atomic E-state index is 12.7. The second-order valence-corrected chi connectivity index (χ2v) is 12.0. The van der Waals surface area contributed by atoms with E-state index in [-0.39, 0.29) is 48.9 Å². The first-order valence-corrected chi connectivity index (χ1v) is 17.6. The van der Waals surface area contributed by atoms with Gasteiger partial charge in [0.05, 0.1) is 12.6 Å². The lowest BCUT2D eigenvalue weighted by molar-refractivity contribution is -0.151. The monoisotopic (exact) mass is 676 g/mol. The van der Waals surface area contributed by atoms with Crippen LogP contribution in [0.2, 0.25) is 0 Å². The van der Waals surface area contributed by atoms with E-state index in [0.717, 1.165) is 50.6 Å². The molecule has 0 aliphatic rings. The third-order valence-electron chi connectivity index (χ3n) is 6.86. The summed E-state index contributed by atoms with van der Waals surface area (Å²) in [6, 6.07) is 7.33. The molecule has 3 atom stereocenters. The number of benzene rings is 1. The molecule has 274 valence electrons. The molecule has 11 nitrogen and oxygen atoms in total. The molecule has 0 radical (unpaired) electrons. The van der Waals surface area contributed by atoms with Crippen LogP contribution in [-0.4, -0.2) is 66.7 Å². The lowest BCUT2D eigenvalue weighted by Gasteiger charge is -2.20. The van der Waals surface area contributed by atoms with Gasteiger partial charge in [-0.1, -0.05) is 97.1 Å². The number of hydrogen-bond donors (Lipinski definition) is 4. The summed E-state index contributed by atoms with van der Waals surface area (Å²) in [5, 5.41) is 10.4. The molecular formula is C37H64N4O7. The van der Waals surface area contributed by atoms with Gasteiger partial charge in [0.25, 0.3) is 0 Å². The fourth-order valence-corrected chi connectivity index (χ4v) is 4.49. The van der Waals surface area contributed by atoms with Gasteiger partial charge in [-0.15, -0.1) is 0 Å². The van der Waals surface area contributed by atoms with Crippen LogP contribution in [0.15, 0.2) is 30.3 Å². The number of ketones is 1. The number of esters is 1. The maximum atomic E-state index is 12.7. The van der Waals surface area contributed by atoms with E-state index in [0.29, 0.717) is 6.42 Å². The quantitative estimate of drug-likeness (QED) is 0.103. The summed E-state index contributed by atoms with van der Waals surface area (Å²) in [6.07, 6.45) is 7.14. The highest BCUT2D eigenvalue weighted by molar-refractivity contribution is 5.92. The van der Waals surface area contributed by atoms with Crippen molar-refractivity contribution in [3.05, 3.63) is 35.9 Å². The molecule has 1 aromatic rings. The SMILES string of the molecule is CC.CCCCCC(C)CC(=O)CCC(NC(=O)CNC(=O)C(Cc1ccccc1)NC(C)=O)C(=O)OC(C)C.CCCCNC(C)=O. The minimum atomic E-state index is -1.00. The summed E-state index contributed by atoms with van der Waals surface area (Å²) in [4.78, 5) is 72.2. The number of hydrogen-bond acceptors (Lipinski definition) is 7. The number of Topliss-reactive ketones (excluding diaryl/α,β-unsaturated/α-hetero) is 1. The van der Waals surface area contributed by atoms with Crippen LogP contribution in [0.4, 0.5) is 0 Å². The standard InChI is InChI=1S/C29H45N3O6.C6H13NO.C2H6/c1-6-7-9-12-21(4)17-24(34)15-16-25(29(37)38-20(2)3)32-27(35)19-30-28(36)26(31-22(5)33)18-23-13-10-8-11-14-23;1-3-4-5-7-6(2)8;1-2/h8,10-11,13-14,20-21,25-26H,6-7,9,12,15-19H2,1-5H3,(H,30,36)(H,31,33)(H,32,35);3-5H2,1-2H3,(H,7,8);1-2H3. The molecule has 3 unspecified atom stereocenters. The fourth-order valence-electron chi connectivity index (χ4n) is 4.49. The average Bonchev–Trinajstić information content (AvgIpc) is 3.02. The van der Waals surface area contributed by atoms with Crippen molar-refractivity contribution >= 4 is 35.4 Å². The van der Waals surface area contributed by atoms with Crippen molar-refractivity contribution in [2.45, 2.75) is 145 Å². The number of ether oxygens (including phenoxy) is 1. The predicted octanol–water partition coefficient (Wildman–Crippen LogP) is 5.19. The van der Waals surface area contributed by atoms with E-state index in [2.05, 4.69) is 42.0 Å². The highest BCUT2D eigenvalue weighted by Gasteiger charge is 2.26. The highest BCUT2D eigenvalue weighted by Crippen LogP contribution is 2.15. The van der Waals surface area contributed by atoms with E-state index in [1.807, 2.05) is 44.2 Å². The third-order valence-corrected chi connectivity index (χ3v) is 6.86. The fraction of sp³-hybridized carbons (Fsp3) is 0.676. The van der Waals surface area contributed by atoms with Crippen LogP contribution in [0.25, 0.3) is 0 Å². The summed E-state index contributed by atoms with van der Waals surface area (Å²) >= 11 is 0. The van der Waals surface area contributed by atoms with Gasteiger partial charge in [0.15, 0.2) is 0 Å². The molecule has 0 aliphatic carbocycles. The summed E-state index contributed by atoms with van der Waals surface area (Å²) < 4.78 is 5.27. The van der Waals surface area contributed by atoms with E-state index in [1.54, 1.807) is 13.8 Å². The number of amides is 4. The van der Waals surface area contributed by atoms with E-state index in [1.165, 1.54) is 13.8 Å². The first-order chi connectivity index (χ1) is 22.8. The maximum Gasteiger partial charge on any atom is 0.328 e. The molecule has 0 aliphatic heterocycles. The van der Waals surface area contributed by atoms with Gasteiger partial charge in [-0.25, -0.2) is 4.79 Å². The van der Waals surface area contributed by atoms with Gasteiger partial charge < -0.3 is 26.0 Å². The van der Waals surface area contributed by atoms with Gasteiger partial charge in [0.2, 0.25) is 23.6 Å². The van der Waals surface area contributed by atoms with Crippen LogP contribution < -0.4 is 21.3 Å². The Balaban J connectivity index is 0. The molecular weight excluding hydrogens is 612 g/mol. The Bertz CT molecular complexity index is 1060. The minimum Gasteiger partial charge on any atom is -0.461 e. The van der Waals surface area contributed by atoms with Gasteiger partial charge in [-0.05, 0) is 38.2 Å². The van der Waals surface area contributed by atoms with Crippen molar-refractivity contribution in [3.8, 4) is 0 Å². The summed E-state index contributed by atoms with van der Waals surface area (Å²) in [6.45, 7) is 17.0. The second-order valence-electron chi connectivity index (χ2n) is 12.0. The zero-order chi connectivity index (χ0) is 36.9. The predicted molar refractivity (Wildman–Crippen MR) is 191 cm³/mol. The molecule has 0 fully saturated rings. The molecule has 4 amide bonds. The first-order valence-electron chi connectivity index (χ1n) is 17.6. The molecule has 1 aromatic carbocycles. The number of rotatable bonds is 21. The van der Waals surface area contributed by atoms with Crippen LogP contribution >= 0.6 is 0 Å². The molecule has 0 heterocycles. The van der Waals surface area contributed by atoms with Crippen molar-refractivity contribution < 1.29 is 33.5 Å². The van der Waals surface area contributed by atoms with Gasteiger partial charge in [-0.2, -0.15) is 0 Å². The summed E-state index contributed by atoms with van der Waals surface area (Å²) in [7, 11) is 0. The molecule has 0 bridgehead atoms. The van der Waals surface area contributed by atoms with Crippen molar-refractivity contribution in [2.24, 2.45) is 5.92 Å². The van der Waals surface area contributed by atoms with E-state index in [4.69, 9.17) is 4.74 Å². The molecule has 0 aromatic heterocycles. The van der Waals surface area contributed by atoms with E-state index in [9.17, 15) is 28.8 Å². The zero-order valence-electron chi connectivity index (χ0n) is 31.0. The summed E-state index contributed by atoms with van der Waals surface area (Å²) in [5.74, 6) is -1.72. The molecule has 0 spiro atoms. The van der Waals surface area contributed by atoms with Crippen LogP contribution in [0, 0.1) is 5.92 Å². The van der Waals surface area contributed by atoms with Gasteiger partial charge in [-0.3, -0.25) is 24.0 Å². The van der Waals surface area contributed by atoms with Crippen molar-refractivity contribution in [2.75, 3.05) is 13.1 Å².